The van der Waals surface area contributed by atoms with Crippen molar-refractivity contribution in [1.82, 2.24) is 24.8 Å². The van der Waals surface area contributed by atoms with Gasteiger partial charge in [0.05, 0.1) is 12.7 Å². The van der Waals surface area contributed by atoms with Gasteiger partial charge in [-0.3, -0.25) is 4.79 Å². The molecule has 0 bridgehead atoms. The van der Waals surface area contributed by atoms with Crippen LogP contribution in [0.1, 0.15) is 22.3 Å². The van der Waals surface area contributed by atoms with Crippen LogP contribution in [-0.4, -0.2) is 63.9 Å². The van der Waals surface area contributed by atoms with Gasteiger partial charge in [-0.15, -0.1) is 16.4 Å². The molecule has 1 saturated heterocycles. The maximum atomic E-state index is 12.6. The van der Waals surface area contributed by atoms with Crippen molar-refractivity contribution in [3.63, 3.8) is 0 Å². The van der Waals surface area contributed by atoms with E-state index >= 15 is 0 Å². The first-order valence-electron chi connectivity index (χ1n) is 7.43. The minimum Gasteiger partial charge on any atom is -0.335 e. The number of rotatable bonds is 4. The van der Waals surface area contributed by atoms with E-state index in [2.05, 4.69) is 42.3 Å². The van der Waals surface area contributed by atoms with Crippen LogP contribution < -0.4 is 0 Å². The molecule has 0 unspecified atom stereocenters. The van der Waals surface area contributed by atoms with Gasteiger partial charge in [0, 0.05) is 24.0 Å². The second kappa shape index (κ2) is 6.18. The summed E-state index contributed by atoms with van der Waals surface area (Å²) in [5.74, 6) is 0.453. The van der Waals surface area contributed by atoms with Gasteiger partial charge < -0.3 is 9.80 Å². The Morgan fingerprint density at radius 1 is 1.45 bits per heavy atom. The molecular formula is C15H21N5OS. The van der Waals surface area contributed by atoms with Crippen molar-refractivity contribution in [2.75, 3.05) is 27.2 Å². The Kier molecular flexibility index (Phi) is 4.26. The van der Waals surface area contributed by atoms with Crippen molar-refractivity contribution in [1.29, 1.82) is 0 Å². The van der Waals surface area contributed by atoms with Crippen molar-refractivity contribution in [2.24, 2.45) is 5.92 Å². The first-order chi connectivity index (χ1) is 10.5. The summed E-state index contributed by atoms with van der Waals surface area (Å²) in [5.41, 5.74) is 0.433. The number of carbonyl (C=O) groups excluding carboxylic acids is 1. The molecule has 2 aromatic heterocycles. The summed E-state index contributed by atoms with van der Waals surface area (Å²) in [7, 11) is 4.12. The standard InChI is InChI=1S/C15H21N5OS/c1-11-7-19(10-14(11)18(2)3)15(21)13-9-20(17-16-13)8-12-5-4-6-22-12/h4-6,9,11,14H,7-8,10H2,1-3H3/t11-,14+/m0/s1. The molecule has 0 saturated carbocycles. The van der Waals surface area contributed by atoms with Crippen LogP contribution in [0.3, 0.4) is 0 Å². The highest BCUT2D eigenvalue weighted by molar-refractivity contribution is 7.09. The Morgan fingerprint density at radius 2 is 2.27 bits per heavy atom. The van der Waals surface area contributed by atoms with Gasteiger partial charge in [-0.2, -0.15) is 0 Å². The Bertz CT molecular complexity index is 636. The van der Waals surface area contributed by atoms with Gasteiger partial charge in [-0.05, 0) is 31.5 Å². The molecule has 3 heterocycles. The van der Waals surface area contributed by atoms with Gasteiger partial charge in [0.25, 0.3) is 5.91 Å². The number of likely N-dealkylation sites (tertiary alicyclic amines) is 1. The van der Waals surface area contributed by atoms with E-state index in [0.717, 1.165) is 13.1 Å². The highest BCUT2D eigenvalue weighted by atomic mass is 32.1. The third kappa shape index (κ3) is 3.05. The molecule has 1 amide bonds. The summed E-state index contributed by atoms with van der Waals surface area (Å²) in [5, 5.41) is 10.2. The number of likely N-dealkylation sites (N-methyl/N-ethyl adjacent to an activating group) is 1. The van der Waals surface area contributed by atoms with Crippen molar-refractivity contribution in [3.05, 3.63) is 34.3 Å². The molecule has 6 nitrogen and oxygen atoms in total. The first-order valence-corrected chi connectivity index (χ1v) is 8.31. The molecule has 1 fully saturated rings. The van der Waals surface area contributed by atoms with Gasteiger partial charge in [0.1, 0.15) is 0 Å². The lowest BCUT2D eigenvalue weighted by Crippen LogP contribution is -2.35. The Balaban J connectivity index is 1.67. The van der Waals surface area contributed by atoms with Crippen LogP contribution in [0.2, 0.25) is 0 Å². The summed E-state index contributed by atoms with van der Waals surface area (Å²) in [6, 6.07) is 4.47. The smallest absolute Gasteiger partial charge is 0.276 e. The lowest BCUT2D eigenvalue weighted by Gasteiger charge is -2.22. The second-order valence-electron chi connectivity index (χ2n) is 6.10. The molecule has 0 N–H and O–H groups in total. The molecule has 0 aliphatic carbocycles. The normalized spacial score (nSPS) is 21.7. The molecule has 0 radical (unpaired) electrons. The number of nitrogens with zero attached hydrogens (tertiary/aromatic N) is 5. The Labute approximate surface area is 134 Å². The molecule has 2 atom stereocenters. The van der Waals surface area contributed by atoms with E-state index in [1.54, 1.807) is 22.2 Å². The fourth-order valence-electron chi connectivity index (χ4n) is 2.99. The second-order valence-corrected chi connectivity index (χ2v) is 7.13. The van der Waals surface area contributed by atoms with Crippen LogP contribution in [0, 0.1) is 5.92 Å². The van der Waals surface area contributed by atoms with E-state index < -0.39 is 0 Å². The summed E-state index contributed by atoms with van der Waals surface area (Å²) >= 11 is 1.68. The van der Waals surface area contributed by atoms with E-state index in [4.69, 9.17) is 0 Å². The van der Waals surface area contributed by atoms with Gasteiger partial charge in [-0.25, -0.2) is 4.68 Å². The fraction of sp³-hybridized carbons (Fsp3) is 0.533. The lowest BCUT2D eigenvalue weighted by molar-refractivity contribution is 0.0775. The monoisotopic (exact) mass is 319 g/mol. The van der Waals surface area contributed by atoms with Gasteiger partial charge in [0.2, 0.25) is 0 Å². The predicted octanol–water partition coefficient (Wildman–Crippen LogP) is 1.41. The zero-order chi connectivity index (χ0) is 15.7. The van der Waals surface area contributed by atoms with Crippen LogP contribution in [-0.2, 0) is 6.54 Å². The summed E-state index contributed by atoms with van der Waals surface area (Å²) < 4.78 is 1.72. The maximum absolute atomic E-state index is 12.6. The maximum Gasteiger partial charge on any atom is 0.276 e. The summed E-state index contributed by atoms with van der Waals surface area (Å²) in [4.78, 5) is 17.8. The van der Waals surface area contributed by atoms with Crippen molar-refractivity contribution in [3.8, 4) is 0 Å². The van der Waals surface area contributed by atoms with Crippen molar-refractivity contribution < 1.29 is 4.79 Å². The Hall–Kier alpha value is -1.73. The lowest BCUT2D eigenvalue weighted by atomic mass is 10.1. The van der Waals surface area contributed by atoms with Crippen LogP contribution in [0.5, 0.6) is 0 Å². The molecular weight excluding hydrogens is 298 g/mol. The van der Waals surface area contributed by atoms with Gasteiger partial charge in [0.15, 0.2) is 5.69 Å². The number of hydrogen-bond donors (Lipinski definition) is 0. The van der Waals surface area contributed by atoms with E-state index in [1.165, 1.54) is 4.88 Å². The number of hydrogen-bond acceptors (Lipinski definition) is 5. The molecule has 0 spiro atoms. The van der Waals surface area contributed by atoms with Crippen LogP contribution >= 0.6 is 11.3 Å². The van der Waals surface area contributed by atoms with Crippen LogP contribution in [0.25, 0.3) is 0 Å². The van der Waals surface area contributed by atoms with E-state index in [1.807, 2.05) is 16.3 Å². The Morgan fingerprint density at radius 3 is 2.91 bits per heavy atom. The molecule has 7 heteroatoms. The molecule has 1 aliphatic rings. The largest absolute Gasteiger partial charge is 0.335 e. The number of amides is 1. The van der Waals surface area contributed by atoms with E-state index in [-0.39, 0.29) is 5.91 Å². The molecule has 0 aromatic carbocycles. The van der Waals surface area contributed by atoms with Crippen LogP contribution in [0.15, 0.2) is 23.7 Å². The summed E-state index contributed by atoms with van der Waals surface area (Å²) in [6.45, 7) is 4.38. The van der Waals surface area contributed by atoms with Crippen molar-refractivity contribution >= 4 is 17.2 Å². The fourth-order valence-corrected chi connectivity index (χ4v) is 3.68. The van der Waals surface area contributed by atoms with Crippen LogP contribution in [0.4, 0.5) is 0 Å². The molecule has 2 aromatic rings. The first kappa shape index (κ1) is 15.2. The highest BCUT2D eigenvalue weighted by Crippen LogP contribution is 2.21. The van der Waals surface area contributed by atoms with Gasteiger partial charge >= 0.3 is 0 Å². The minimum atomic E-state index is -0.0198. The molecule has 22 heavy (non-hydrogen) atoms. The molecule has 3 rings (SSSR count). The average Bonchev–Trinajstić information content (AvgIpc) is 3.19. The topological polar surface area (TPSA) is 54.3 Å². The zero-order valence-corrected chi connectivity index (χ0v) is 14.0. The average molecular weight is 319 g/mol. The number of carbonyl (C=O) groups is 1. The van der Waals surface area contributed by atoms with Crippen molar-refractivity contribution in [2.45, 2.75) is 19.5 Å². The van der Waals surface area contributed by atoms with E-state index in [0.29, 0.717) is 24.2 Å². The van der Waals surface area contributed by atoms with Gasteiger partial charge in [-0.1, -0.05) is 18.2 Å². The summed E-state index contributed by atoms with van der Waals surface area (Å²) in [6.07, 6.45) is 1.75. The third-order valence-corrected chi connectivity index (χ3v) is 5.04. The zero-order valence-electron chi connectivity index (χ0n) is 13.1. The third-order valence-electron chi connectivity index (χ3n) is 4.18. The highest BCUT2D eigenvalue weighted by Gasteiger charge is 2.34. The van der Waals surface area contributed by atoms with E-state index in [9.17, 15) is 4.79 Å². The quantitative estimate of drug-likeness (QED) is 0.855. The predicted molar refractivity (Wildman–Crippen MR) is 86.0 cm³/mol. The SMILES string of the molecule is C[C@H]1CN(C(=O)c2cn(Cc3cccs3)nn2)C[C@H]1N(C)C. The molecule has 1 aliphatic heterocycles. The minimum absolute atomic E-state index is 0.0198. The number of thiophene rings is 1. The molecule has 118 valence electrons. The number of aromatic nitrogens is 3.